The summed E-state index contributed by atoms with van der Waals surface area (Å²) in [5.41, 5.74) is 2.04. The van der Waals surface area contributed by atoms with Crippen LogP contribution in [0.1, 0.15) is 21.5 Å². The van der Waals surface area contributed by atoms with E-state index in [1.165, 1.54) is 30.4 Å². The van der Waals surface area contributed by atoms with Gasteiger partial charge in [0.1, 0.15) is 0 Å². The summed E-state index contributed by atoms with van der Waals surface area (Å²) in [5.74, 6) is -2.26. The Morgan fingerprint density at radius 3 is 2.33 bits per heavy atom. The largest absolute Gasteiger partial charge is 0.471 e. The fraction of sp³-hybridized carbons (Fsp3) is 0.111. The van der Waals surface area contributed by atoms with Crippen molar-refractivity contribution in [2.24, 2.45) is 0 Å². The van der Waals surface area contributed by atoms with Crippen LogP contribution in [0.4, 0.5) is 18.9 Å². The van der Waals surface area contributed by atoms with Crippen molar-refractivity contribution in [3.63, 3.8) is 0 Å². The Hall–Kier alpha value is -2.89. The molecule has 0 fully saturated rings. The first-order valence-corrected chi connectivity index (χ1v) is 7.03. The van der Waals surface area contributed by atoms with E-state index in [1.807, 2.05) is 19.1 Å². The maximum absolute atomic E-state index is 12.2. The number of allylic oxidation sites excluding steroid dienone is 1. The van der Waals surface area contributed by atoms with Crippen molar-refractivity contribution in [2.75, 3.05) is 5.32 Å². The van der Waals surface area contributed by atoms with E-state index < -0.39 is 12.1 Å². The van der Waals surface area contributed by atoms with Gasteiger partial charge in [-0.05, 0) is 30.7 Å². The molecule has 2 aromatic carbocycles. The number of alkyl halides is 3. The third-order valence-corrected chi connectivity index (χ3v) is 3.17. The quantitative estimate of drug-likeness (QED) is 0.666. The first-order valence-electron chi connectivity index (χ1n) is 7.03. The van der Waals surface area contributed by atoms with Crippen LogP contribution in [0.5, 0.6) is 0 Å². The standard InChI is InChI=1S/C18H14F3NO2/c1-12-5-8-14(9-6-12)16(23)10-7-13-3-2-4-15(11-13)22-17(24)18(19,20)21/h2-11H,1H3,(H,22,24)/b10-7+. The van der Waals surface area contributed by atoms with Crippen molar-refractivity contribution in [3.8, 4) is 0 Å². The molecule has 0 aliphatic carbocycles. The molecule has 0 saturated carbocycles. The summed E-state index contributed by atoms with van der Waals surface area (Å²) in [5, 5.41) is 1.77. The number of aryl methyl sites for hydroxylation is 1. The lowest BCUT2D eigenvalue weighted by molar-refractivity contribution is -0.167. The molecule has 3 nitrogen and oxygen atoms in total. The average molecular weight is 333 g/mol. The lowest BCUT2D eigenvalue weighted by Crippen LogP contribution is -2.29. The van der Waals surface area contributed by atoms with Crippen LogP contribution in [-0.2, 0) is 4.79 Å². The predicted molar refractivity (Wildman–Crippen MR) is 85.7 cm³/mol. The molecule has 0 unspecified atom stereocenters. The van der Waals surface area contributed by atoms with Crippen molar-refractivity contribution >= 4 is 23.5 Å². The highest BCUT2D eigenvalue weighted by molar-refractivity contribution is 6.06. The molecular weight excluding hydrogens is 319 g/mol. The molecule has 1 N–H and O–H groups in total. The van der Waals surface area contributed by atoms with Crippen LogP contribution in [0, 0.1) is 6.92 Å². The summed E-state index contributed by atoms with van der Waals surface area (Å²) in [6, 6.07) is 12.8. The van der Waals surface area contributed by atoms with Gasteiger partial charge in [0.15, 0.2) is 5.78 Å². The van der Waals surface area contributed by atoms with Gasteiger partial charge in [0, 0.05) is 11.3 Å². The SMILES string of the molecule is Cc1ccc(C(=O)/C=C/c2cccc(NC(=O)C(F)(F)F)c2)cc1. The number of nitrogens with one attached hydrogen (secondary N) is 1. The minimum Gasteiger partial charge on any atom is -0.318 e. The third kappa shape index (κ3) is 4.81. The molecular formula is C18H14F3NO2. The van der Waals surface area contributed by atoms with Gasteiger partial charge in [0.2, 0.25) is 0 Å². The Bertz CT molecular complexity index is 778. The van der Waals surface area contributed by atoms with E-state index in [4.69, 9.17) is 0 Å². The molecule has 1 amide bonds. The Morgan fingerprint density at radius 2 is 1.71 bits per heavy atom. The Labute approximate surface area is 136 Å². The van der Waals surface area contributed by atoms with Crippen LogP contribution >= 0.6 is 0 Å². The number of hydrogen-bond acceptors (Lipinski definition) is 2. The van der Waals surface area contributed by atoms with E-state index in [9.17, 15) is 22.8 Å². The van der Waals surface area contributed by atoms with Crippen LogP contribution in [0.25, 0.3) is 6.08 Å². The zero-order valence-corrected chi connectivity index (χ0v) is 12.7. The molecule has 124 valence electrons. The minimum absolute atomic E-state index is 0.00209. The Morgan fingerprint density at radius 1 is 1.04 bits per heavy atom. The topological polar surface area (TPSA) is 46.2 Å². The summed E-state index contributed by atoms with van der Waals surface area (Å²) >= 11 is 0. The first kappa shape index (κ1) is 17.5. The zero-order chi connectivity index (χ0) is 17.7. The van der Waals surface area contributed by atoms with Crippen LogP contribution < -0.4 is 5.32 Å². The summed E-state index contributed by atoms with van der Waals surface area (Å²) in [7, 11) is 0. The lowest BCUT2D eigenvalue weighted by Gasteiger charge is -2.08. The van der Waals surface area contributed by atoms with Gasteiger partial charge in [-0.25, -0.2) is 0 Å². The highest BCUT2D eigenvalue weighted by atomic mass is 19.4. The van der Waals surface area contributed by atoms with Gasteiger partial charge in [-0.1, -0.05) is 48.0 Å². The van der Waals surface area contributed by atoms with Crippen molar-refractivity contribution < 1.29 is 22.8 Å². The molecule has 0 aliphatic heterocycles. The van der Waals surface area contributed by atoms with Crippen molar-refractivity contribution in [2.45, 2.75) is 13.1 Å². The van der Waals surface area contributed by atoms with Crippen LogP contribution in [0.15, 0.2) is 54.6 Å². The summed E-state index contributed by atoms with van der Waals surface area (Å²) < 4.78 is 36.7. The molecule has 0 heterocycles. The highest BCUT2D eigenvalue weighted by Gasteiger charge is 2.38. The van der Waals surface area contributed by atoms with E-state index >= 15 is 0 Å². The average Bonchev–Trinajstić information content (AvgIpc) is 2.53. The van der Waals surface area contributed by atoms with Gasteiger partial charge >= 0.3 is 12.1 Å². The first-order chi connectivity index (χ1) is 11.3. The van der Waals surface area contributed by atoms with Crippen LogP contribution in [0.3, 0.4) is 0 Å². The number of ketones is 1. The number of hydrogen-bond donors (Lipinski definition) is 1. The normalized spacial score (nSPS) is 11.5. The maximum Gasteiger partial charge on any atom is 0.471 e. The fourth-order valence-electron chi connectivity index (χ4n) is 1.91. The second kappa shape index (κ2) is 7.12. The van der Waals surface area contributed by atoms with E-state index in [1.54, 1.807) is 23.5 Å². The van der Waals surface area contributed by atoms with Crippen LogP contribution in [-0.4, -0.2) is 17.9 Å². The number of anilines is 1. The highest BCUT2D eigenvalue weighted by Crippen LogP contribution is 2.19. The van der Waals surface area contributed by atoms with Gasteiger partial charge in [0.05, 0.1) is 0 Å². The number of carbonyl (C=O) groups is 2. The van der Waals surface area contributed by atoms with Gasteiger partial charge in [-0.3, -0.25) is 9.59 Å². The smallest absolute Gasteiger partial charge is 0.318 e. The molecule has 0 atom stereocenters. The van der Waals surface area contributed by atoms with Crippen molar-refractivity contribution in [1.82, 2.24) is 0 Å². The molecule has 2 aromatic rings. The predicted octanol–water partition coefficient (Wildman–Crippen LogP) is 4.39. The second-order valence-electron chi connectivity index (χ2n) is 5.14. The third-order valence-electron chi connectivity index (χ3n) is 3.17. The number of amides is 1. The number of benzene rings is 2. The van der Waals surface area contributed by atoms with Crippen molar-refractivity contribution in [1.29, 1.82) is 0 Å². The van der Waals surface area contributed by atoms with Gasteiger partial charge in [-0.15, -0.1) is 0 Å². The van der Waals surface area contributed by atoms with Gasteiger partial charge in [-0.2, -0.15) is 13.2 Å². The van der Waals surface area contributed by atoms with Gasteiger partial charge in [0.25, 0.3) is 0 Å². The summed E-state index contributed by atoms with van der Waals surface area (Å²) in [6.45, 7) is 1.91. The number of rotatable bonds is 4. The molecule has 0 radical (unpaired) electrons. The van der Waals surface area contributed by atoms with Crippen LogP contribution in [0.2, 0.25) is 0 Å². The van der Waals surface area contributed by atoms with E-state index in [0.29, 0.717) is 11.1 Å². The molecule has 6 heteroatoms. The molecule has 0 aromatic heterocycles. The Balaban J connectivity index is 2.10. The molecule has 0 saturated heterocycles. The minimum atomic E-state index is -4.95. The molecule has 2 rings (SSSR count). The second-order valence-corrected chi connectivity index (χ2v) is 5.14. The molecule has 24 heavy (non-hydrogen) atoms. The molecule has 0 spiro atoms. The van der Waals surface area contributed by atoms with E-state index in [0.717, 1.165) is 5.56 Å². The Kier molecular flexibility index (Phi) is 5.18. The maximum atomic E-state index is 12.2. The number of halogens is 3. The van der Waals surface area contributed by atoms with Gasteiger partial charge < -0.3 is 5.32 Å². The monoisotopic (exact) mass is 333 g/mol. The van der Waals surface area contributed by atoms with Crippen molar-refractivity contribution in [3.05, 3.63) is 71.3 Å². The number of carbonyl (C=O) groups excluding carboxylic acids is 2. The lowest BCUT2D eigenvalue weighted by atomic mass is 10.1. The summed E-state index contributed by atoms with van der Waals surface area (Å²) in [6.07, 6.45) is -2.14. The fourth-order valence-corrected chi connectivity index (χ4v) is 1.91. The molecule has 0 bridgehead atoms. The van der Waals surface area contributed by atoms with E-state index in [2.05, 4.69) is 0 Å². The molecule has 0 aliphatic rings. The van der Waals surface area contributed by atoms with E-state index in [-0.39, 0.29) is 11.5 Å². The summed E-state index contributed by atoms with van der Waals surface area (Å²) in [4.78, 5) is 22.9. The zero-order valence-electron chi connectivity index (χ0n) is 12.7.